The Hall–Kier alpha value is -1.42. The molecule has 1 aliphatic heterocycles. The van der Waals surface area contributed by atoms with E-state index in [4.69, 9.17) is 19.9 Å². The Balaban J connectivity index is 2.51. The summed E-state index contributed by atoms with van der Waals surface area (Å²) in [6.45, 7) is 3.04. The number of benzene rings is 1. The summed E-state index contributed by atoms with van der Waals surface area (Å²) in [5, 5.41) is 0. The third kappa shape index (κ3) is 1.72. The lowest BCUT2D eigenvalue weighted by atomic mass is 10.1. The Kier molecular flexibility index (Phi) is 2.68. The van der Waals surface area contributed by atoms with Crippen LogP contribution in [-0.4, -0.2) is 20.3 Å². The Morgan fingerprint density at radius 1 is 1.33 bits per heavy atom. The van der Waals surface area contributed by atoms with Crippen LogP contribution in [0, 0.1) is 0 Å². The van der Waals surface area contributed by atoms with Crippen molar-refractivity contribution in [1.82, 2.24) is 0 Å². The van der Waals surface area contributed by atoms with E-state index in [0.717, 1.165) is 11.3 Å². The van der Waals surface area contributed by atoms with E-state index in [1.807, 2.05) is 19.1 Å². The second-order valence-electron chi connectivity index (χ2n) is 3.50. The van der Waals surface area contributed by atoms with Crippen molar-refractivity contribution >= 4 is 0 Å². The molecule has 0 aliphatic carbocycles. The van der Waals surface area contributed by atoms with Gasteiger partial charge in [-0.2, -0.15) is 0 Å². The molecule has 0 radical (unpaired) electrons. The van der Waals surface area contributed by atoms with Crippen molar-refractivity contribution < 1.29 is 14.2 Å². The Labute approximate surface area is 88.9 Å². The van der Waals surface area contributed by atoms with Crippen molar-refractivity contribution in [3.8, 4) is 17.2 Å². The molecule has 1 atom stereocenters. The summed E-state index contributed by atoms with van der Waals surface area (Å²) in [5.41, 5.74) is 6.78. The van der Waals surface area contributed by atoms with Crippen molar-refractivity contribution in [1.29, 1.82) is 0 Å². The van der Waals surface area contributed by atoms with Gasteiger partial charge in [0.05, 0.1) is 7.11 Å². The van der Waals surface area contributed by atoms with Crippen LogP contribution in [0.5, 0.6) is 17.2 Å². The molecule has 1 unspecified atom stereocenters. The maximum Gasteiger partial charge on any atom is 0.204 e. The van der Waals surface area contributed by atoms with Gasteiger partial charge in [0, 0.05) is 11.6 Å². The largest absolute Gasteiger partial charge is 0.492 e. The van der Waals surface area contributed by atoms with Crippen molar-refractivity contribution in [2.24, 2.45) is 5.73 Å². The Bertz CT molecular complexity index is 363. The fourth-order valence-corrected chi connectivity index (χ4v) is 1.67. The lowest BCUT2D eigenvalue weighted by molar-refractivity contribution is 0.164. The van der Waals surface area contributed by atoms with Crippen molar-refractivity contribution in [3.05, 3.63) is 17.7 Å². The topological polar surface area (TPSA) is 53.7 Å². The summed E-state index contributed by atoms with van der Waals surface area (Å²) in [6.07, 6.45) is 0. The molecule has 0 saturated heterocycles. The number of nitrogens with two attached hydrogens (primary N) is 1. The average molecular weight is 209 g/mol. The Morgan fingerprint density at radius 3 is 2.73 bits per heavy atom. The normalized spacial score (nSPS) is 15.9. The van der Waals surface area contributed by atoms with Crippen molar-refractivity contribution in [3.63, 3.8) is 0 Å². The van der Waals surface area contributed by atoms with Crippen LogP contribution in [-0.2, 0) is 0 Å². The van der Waals surface area contributed by atoms with Crippen LogP contribution in [0.3, 0.4) is 0 Å². The molecule has 0 aromatic heterocycles. The fourth-order valence-electron chi connectivity index (χ4n) is 1.67. The minimum Gasteiger partial charge on any atom is -0.492 e. The van der Waals surface area contributed by atoms with E-state index >= 15 is 0 Å². The van der Waals surface area contributed by atoms with Crippen LogP contribution >= 0.6 is 0 Å². The minimum atomic E-state index is -0.0872. The molecule has 0 saturated carbocycles. The molecule has 1 aromatic carbocycles. The molecule has 0 spiro atoms. The van der Waals surface area contributed by atoms with E-state index < -0.39 is 0 Å². The Morgan fingerprint density at radius 2 is 2.07 bits per heavy atom. The predicted octanol–water partition coefficient (Wildman–Crippen LogP) is 1.49. The standard InChI is InChI=1S/C11H15NO3/c1-7(12)8-3-4-9-11(10(8)13-2)15-6-5-14-9/h3-4,7H,5-6,12H2,1-2H3. The van der Waals surface area contributed by atoms with Gasteiger partial charge in [-0.25, -0.2) is 0 Å². The van der Waals surface area contributed by atoms with Crippen LogP contribution in [0.2, 0.25) is 0 Å². The van der Waals surface area contributed by atoms with Gasteiger partial charge in [0.15, 0.2) is 11.5 Å². The summed E-state index contributed by atoms with van der Waals surface area (Å²) < 4.78 is 16.3. The number of rotatable bonds is 2. The highest BCUT2D eigenvalue weighted by Crippen LogP contribution is 2.43. The number of fused-ring (bicyclic) bond motifs is 1. The van der Waals surface area contributed by atoms with Gasteiger partial charge in [0.25, 0.3) is 0 Å². The fraction of sp³-hybridized carbons (Fsp3) is 0.455. The van der Waals surface area contributed by atoms with Gasteiger partial charge in [-0.05, 0) is 19.1 Å². The zero-order valence-corrected chi connectivity index (χ0v) is 8.95. The van der Waals surface area contributed by atoms with E-state index in [1.165, 1.54) is 0 Å². The lowest BCUT2D eigenvalue weighted by Gasteiger charge is -2.23. The molecule has 1 aliphatic rings. The zero-order valence-electron chi connectivity index (χ0n) is 8.95. The summed E-state index contributed by atoms with van der Waals surface area (Å²) in [5.74, 6) is 2.07. The van der Waals surface area contributed by atoms with E-state index in [9.17, 15) is 0 Å². The highest BCUT2D eigenvalue weighted by Gasteiger charge is 2.21. The number of hydrogen-bond acceptors (Lipinski definition) is 4. The summed E-state index contributed by atoms with van der Waals surface area (Å²) in [7, 11) is 1.61. The summed E-state index contributed by atoms with van der Waals surface area (Å²) in [4.78, 5) is 0. The molecular weight excluding hydrogens is 194 g/mol. The van der Waals surface area contributed by atoms with Crippen LogP contribution in [0.1, 0.15) is 18.5 Å². The highest BCUT2D eigenvalue weighted by molar-refractivity contribution is 5.57. The third-order valence-electron chi connectivity index (χ3n) is 2.39. The average Bonchev–Trinajstić information content (AvgIpc) is 2.27. The molecule has 4 heteroatoms. The van der Waals surface area contributed by atoms with Crippen LogP contribution in [0.4, 0.5) is 0 Å². The van der Waals surface area contributed by atoms with Crippen LogP contribution < -0.4 is 19.9 Å². The summed E-state index contributed by atoms with van der Waals surface area (Å²) >= 11 is 0. The molecule has 15 heavy (non-hydrogen) atoms. The van der Waals surface area contributed by atoms with E-state index in [-0.39, 0.29) is 6.04 Å². The molecule has 0 amide bonds. The predicted molar refractivity (Wildman–Crippen MR) is 56.6 cm³/mol. The van der Waals surface area contributed by atoms with Crippen molar-refractivity contribution in [2.45, 2.75) is 13.0 Å². The molecule has 0 bridgehead atoms. The van der Waals surface area contributed by atoms with Crippen LogP contribution in [0.25, 0.3) is 0 Å². The maximum absolute atomic E-state index is 5.85. The second-order valence-corrected chi connectivity index (χ2v) is 3.50. The van der Waals surface area contributed by atoms with Gasteiger partial charge < -0.3 is 19.9 Å². The first-order valence-corrected chi connectivity index (χ1v) is 4.96. The molecule has 0 fully saturated rings. The molecule has 2 rings (SSSR count). The molecule has 4 nitrogen and oxygen atoms in total. The first-order valence-electron chi connectivity index (χ1n) is 4.96. The smallest absolute Gasteiger partial charge is 0.204 e. The summed E-state index contributed by atoms with van der Waals surface area (Å²) in [6, 6.07) is 3.70. The van der Waals surface area contributed by atoms with Gasteiger partial charge >= 0.3 is 0 Å². The van der Waals surface area contributed by atoms with Gasteiger partial charge in [0.1, 0.15) is 13.2 Å². The van der Waals surface area contributed by atoms with E-state index in [0.29, 0.717) is 24.7 Å². The van der Waals surface area contributed by atoms with E-state index in [2.05, 4.69) is 0 Å². The highest BCUT2D eigenvalue weighted by atomic mass is 16.6. The first kappa shape index (κ1) is 10.1. The molecule has 1 heterocycles. The minimum absolute atomic E-state index is 0.0872. The van der Waals surface area contributed by atoms with Gasteiger partial charge in [-0.3, -0.25) is 0 Å². The quantitative estimate of drug-likeness (QED) is 0.801. The van der Waals surface area contributed by atoms with Crippen LogP contribution in [0.15, 0.2) is 12.1 Å². The first-order chi connectivity index (χ1) is 7.24. The van der Waals surface area contributed by atoms with Gasteiger partial charge in [0.2, 0.25) is 5.75 Å². The maximum atomic E-state index is 5.85. The van der Waals surface area contributed by atoms with E-state index in [1.54, 1.807) is 7.11 Å². The number of ether oxygens (including phenoxy) is 3. The number of hydrogen-bond donors (Lipinski definition) is 1. The second kappa shape index (κ2) is 3.98. The zero-order chi connectivity index (χ0) is 10.8. The number of methoxy groups -OCH3 is 1. The van der Waals surface area contributed by atoms with Gasteiger partial charge in [-0.15, -0.1) is 0 Å². The lowest BCUT2D eigenvalue weighted by Crippen LogP contribution is -2.17. The molecular formula is C11H15NO3. The molecule has 1 aromatic rings. The van der Waals surface area contributed by atoms with Crippen molar-refractivity contribution in [2.75, 3.05) is 20.3 Å². The third-order valence-corrected chi connectivity index (χ3v) is 2.39. The monoisotopic (exact) mass is 209 g/mol. The van der Waals surface area contributed by atoms with Gasteiger partial charge in [-0.1, -0.05) is 0 Å². The molecule has 82 valence electrons. The molecule has 2 N–H and O–H groups in total. The SMILES string of the molecule is COc1c(C(C)N)ccc2c1OCCO2.